The van der Waals surface area contributed by atoms with Crippen LogP contribution in [0.5, 0.6) is 0 Å². The molecule has 0 radical (unpaired) electrons. The van der Waals surface area contributed by atoms with E-state index in [0.29, 0.717) is 0 Å². The predicted octanol–water partition coefficient (Wildman–Crippen LogP) is 1.28. The molecular formula is C10H12N4S. The molecule has 0 aliphatic carbocycles. The number of hydrogen-bond donors (Lipinski definition) is 1. The number of fused-ring (bicyclic) bond motifs is 1. The fraction of sp³-hybridized carbons (Fsp3) is 0.400. The van der Waals surface area contributed by atoms with Crippen molar-refractivity contribution >= 4 is 11.3 Å². The summed E-state index contributed by atoms with van der Waals surface area (Å²) in [7, 11) is 0. The van der Waals surface area contributed by atoms with Crippen molar-refractivity contribution in [2.24, 2.45) is 5.73 Å². The summed E-state index contributed by atoms with van der Waals surface area (Å²) in [6.45, 7) is 0.898. The maximum atomic E-state index is 5.90. The molecule has 0 amide bonds. The summed E-state index contributed by atoms with van der Waals surface area (Å²) in [5.41, 5.74) is 5.90. The first-order chi connectivity index (χ1) is 7.33. The molecular weight excluding hydrogens is 208 g/mol. The van der Waals surface area contributed by atoms with Crippen LogP contribution in [0, 0.1) is 0 Å². The summed E-state index contributed by atoms with van der Waals surface area (Å²) >= 11 is 1.67. The van der Waals surface area contributed by atoms with Gasteiger partial charge in [0.2, 0.25) is 0 Å². The predicted molar refractivity (Wildman–Crippen MR) is 59.6 cm³/mol. The highest BCUT2D eigenvalue weighted by molar-refractivity contribution is 7.13. The van der Waals surface area contributed by atoms with E-state index in [-0.39, 0.29) is 6.04 Å². The van der Waals surface area contributed by atoms with Gasteiger partial charge in [0.15, 0.2) is 5.82 Å². The largest absolute Gasteiger partial charge is 0.327 e. The SMILES string of the molecule is NC1CCn2nc(-c3cccs3)nc2C1. The molecule has 2 aromatic heterocycles. The third-order valence-corrected chi connectivity index (χ3v) is 3.51. The summed E-state index contributed by atoms with van der Waals surface area (Å²) in [5.74, 6) is 1.87. The second-order valence-corrected chi connectivity index (χ2v) is 4.75. The fourth-order valence-corrected chi connectivity index (χ4v) is 2.49. The zero-order valence-electron chi connectivity index (χ0n) is 8.26. The van der Waals surface area contributed by atoms with E-state index in [1.165, 1.54) is 0 Å². The molecule has 1 aliphatic rings. The standard InChI is InChI=1S/C10H12N4S/c11-7-3-4-14-9(6-7)12-10(13-14)8-2-1-5-15-8/h1-2,5,7H,3-4,6,11H2. The van der Waals surface area contributed by atoms with Crippen LogP contribution in [0.2, 0.25) is 0 Å². The zero-order valence-corrected chi connectivity index (χ0v) is 9.07. The topological polar surface area (TPSA) is 56.7 Å². The van der Waals surface area contributed by atoms with Gasteiger partial charge in [0.1, 0.15) is 5.82 Å². The summed E-state index contributed by atoms with van der Waals surface area (Å²) in [6.07, 6.45) is 1.85. The molecule has 0 bridgehead atoms. The van der Waals surface area contributed by atoms with Crippen LogP contribution in [0.1, 0.15) is 12.2 Å². The van der Waals surface area contributed by atoms with E-state index in [4.69, 9.17) is 5.73 Å². The third-order valence-electron chi connectivity index (χ3n) is 2.65. The number of aryl methyl sites for hydroxylation is 1. The number of rotatable bonds is 1. The first-order valence-electron chi connectivity index (χ1n) is 5.06. The van der Waals surface area contributed by atoms with Crippen LogP contribution in [0.25, 0.3) is 10.7 Å². The molecule has 1 unspecified atom stereocenters. The molecule has 5 heteroatoms. The smallest absolute Gasteiger partial charge is 0.191 e. The Labute approximate surface area is 91.7 Å². The molecule has 0 spiro atoms. The van der Waals surface area contributed by atoms with E-state index in [9.17, 15) is 0 Å². The Morgan fingerprint density at radius 2 is 2.47 bits per heavy atom. The number of hydrogen-bond acceptors (Lipinski definition) is 4. The molecule has 3 heterocycles. The van der Waals surface area contributed by atoms with Gasteiger partial charge in [-0.25, -0.2) is 9.67 Å². The molecule has 3 rings (SSSR count). The van der Waals surface area contributed by atoms with Gasteiger partial charge in [0.05, 0.1) is 4.88 Å². The Bertz CT molecular complexity index is 460. The second kappa shape index (κ2) is 3.43. The number of nitrogens with zero attached hydrogens (tertiary/aromatic N) is 3. The van der Waals surface area contributed by atoms with Crippen LogP contribution in [0.15, 0.2) is 17.5 Å². The molecule has 0 fully saturated rings. The summed E-state index contributed by atoms with van der Waals surface area (Å²) in [5, 5.41) is 6.53. The minimum Gasteiger partial charge on any atom is -0.327 e. The molecule has 2 N–H and O–H groups in total. The average molecular weight is 220 g/mol. The van der Waals surface area contributed by atoms with Gasteiger partial charge in [-0.3, -0.25) is 0 Å². The van der Waals surface area contributed by atoms with E-state index < -0.39 is 0 Å². The van der Waals surface area contributed by atoms with Crippen LogP contribution in [-0.2, 0) is 13.0 Å². The van der Waals surface area contributed by atoms with Gasteiger partial charge in [-0.2, -0.15) is 0 Å². The van der Waals surface area contributed by atoms with Gasteiger partial charge in [-0.1, -0.05) is 6.07 Å². The Kier molecular flexibility index (Phi) is 2.07. The van der Waals surface area contributed by atoms with Crippen molar-refractivity contribution in [3.63, 3.8) is 0 Å². The highest BCUT2D eigenvalue weighted by Crippen LogP contribution is 2.23. The molecule has 1 atom stereocenters. The Hall–Kier alpha value is -1.20. The van der Waals surface area contributed by atoms with E-state index in [1.54, 1.807) is 11.3 Å². The van der Waals surface area contributed by atoms with Crippen molar-refractivity contribution in [1.29, 1.82) is 0 Å². The minimum atomic E-state index is 0.248. The summed E-state index contributed by atoms with van der Waals surface area (Å²) < 4.78 is 1.98. The lowest BCUT2D eigenvalue weighted by Gasteiger charge is -2.17. The third kappa shape index (κ3) is 1.57. The molecule has 15 heavy (non-hydrogen) atoms. The number of nitrogens with two attached hydrogens (primary N) is 1. The lowest BCUT2D eigenvalue weighted by atomic mass is 10.1. The normalized spacial score (nSPS) is 20.2. The van der Waals surface area contributed by atoms with E-state index >= 15 is 0 Å². The second-order valence-electron chi connectivity index (χ2n) is 3.80. The van der Waals surface area contributed by atoms with Gasteiger partial charge in [0, 0.05) is 19.0 Å². The van der Waals surface area contributed by atoms with Gasteiger partial charge in [-0.15, -0.1) is 16.4 Å². The summed E-state index contributed by atoms with van der Waals surface area (Å²) in [6, 6.07) is 4.32. The van der Waals surface area contributed by atoms with Crippen molar-refractivity contribution in [3.05, 3.63) is 23.3 Å². The molecule has 0 aromatic carbocycles. The van der Waals surface area contributed by atoms with Crippen molar-refractivity contribution in [3.8, 4) is 10.7 Å². The number of thiophene rings is 1. The Morgan fingerprint density at radius 3 is 3.27 bits per heavy atom. The van der Waals surface area contributed by atoms with Crippen molar-refractivity contribution < 1.29 is 0 Å². The van der Waals surface area contributed by atoms with Crippen LogP contribution in [-0.4, -0.2) is 20.8 Å². The van der Waals surface area contributed by atoms with Gasteiger partial charge in [-0.05, 0) is 17.9 Å². The minimum absolute atomic E-state index is 0.248. The monoisotopic (exact) mass is 220 g/mol. The highest BCUT2D eigenvalue weighted by Gasteiger charge is 2.19. The molecule has 2 aromatic rings. The van der Waals surface area contributed by atoms with Gasteiger partial charge >= 0.3 is 0 Å². The van der Waals surface area contributed by atoms with Gasteiger partial charge in [0.25, 0.3) is 0 Å². The fourth-order valence-electron chi connectivity index (χ4n) is 1.84. The number of aromatic nitrogens is 3. The average Bonchev–Trinajstić information content (AvgIpc) is 2.84. The molecule has 4 nitrogen and oxygen atoms in total. The maximum Gasteiger partial charge on any atom is 0.191 e. The Morgan fingerprint density at radius 1 is 1.53 bits per heavy atom. The highest BCUT2D eigenvalue weighted by atomic mass is 32.1. The summed E-state index contributed by atoms with van der Waals surface area (Å²) in [4.78, 5) is 5.66. The zero-order chi connectivity index (χ0) is 10.3. The van der Waals surface area contributed by atoms with E-state index in [0.717, 1.165) is 35.9 Å². The molecule has 1 aliphatic heterocycles. The lowest BCUT2D eigenvalue weighted by molar-refractivity contribution is 0.433. The van der Waals surface area contributed by atoms with Crippen LogP contribution in [0.3, 0.4) is 0 Å². The molecule has 0 saturated heterocycles. The molecule has 78 valence electrons. The van der Waals surface area contributed by atoms with Gasteiger partial charge < -0.3 is 5.73 Å². The maximum absolute atomic E-state index is 5.90. The first-order valence-corrected chi connectivity index (χ1v) is 5.94. The van der Waals surface area contributed by atoms with Crippen LogP contribution < -0.4 is 5.73 Å². The quantitative estimate of drug-likeness (QED) is 0.787. The molecule has 0 saturated carbocycles. The Balaban J connectivity index is 2.00. The lowest BCUT2D eigenvalue weighted by Crippen LogP contribution is -2.31. The van der Waals surface area contributed by atoms with Crippen LogP contribution in [0.4, 0.5) is 0 Å². The van der Waals surface area contributed by atoms with Crippen LogP contribution >= 0.6 is 11.3 Å². The van der Waals surface area contributed by atoms with E-state index in [1.807, 2.05) is 22.2 Å². The van der Waals surface area contributed by atoms with E-state index in [2.05, 4.69) is 10.1 Å². The first kappa shape index (κ1) is 9.06. The van der Waals surface area contributed by atoms with Crippen molar-refractivity contribution in [1.82, 2.24) is 14.8 Å². The van der Waals surface area contributed by atoms with Crippen molar-refractivity contribution in [2.45, 2.75) is 25.4 Å². The van der Waals surface area contributed by atoms with Crippen molar-refractivity contribution in [2.75, 3.05) is 0 Å².